The zero-order chi connectivity index (χ0) is 13.0. The summed E-state index contributed by atoms with van der Waals surface area (Å²) in [5.74, 6) is 0.808. The number of aromatic nitrogens is 2. The molecule has 3 N–H and O–H groups in total. The standard InChI is InChI=1S/C12H12Cl2N4/c13-9-4-2-1-3-8(9)5-6-16-12-10(14)11(15)17-7-18-12/h1-4,7H,5-6H2,(H3,15,16,17,18). The molecule has 0 atom stereocenters. The average Bonchev–Trinajstić information content (AvgIpc) is 2.37. The molecule has 0 fully saturated rings. The van der Waals surface area contributed by atoms with Crippen LogP contribution in [0.25, 0.3) is 0 Å². The van der Waals surface area contributed by atoms with E-state index in [0.717, 1.165) is 17.0 Å². The first-order valence-electron chi connectivity index (χ1n) is 5.41. The molecule has 0 unspecified atom stereocenters. The second-order valence-electron chi connectivity index (χ2n) is 3.69. The first-order chi connectivity index (χ1) is 8.68. The normalized spacial score (nSPS) is 10.3. The number of nitrogens with one attached hydrogen (secondary N) is 1. The lowest BCUT2D eigenvalue weighted by Gasteiger charge is -2.08. The van der Waals surface area contributed by atoms with E-state index >= 15 is 0 Å². The third-order valence-corrected chi connectivity index (χ3v) is 3.20. The number of halogens is 2. The van der Waals surface area contributed by atoms with E-state index in [-0.39, 0.29) is 5.82 Å². The minimum atomic E-state index is 0.270. The van der Waals surface area contributed by atoms with Crippen molar-refractivity contribution >= 4 is 34.8 Å². The Morgan fingerprint density at radius 3 is 2.72 bits per heavy atom. The topological polar surface area (TPSA) is 63.8 Å². The maximum Gasteiger partial charge on any atom is 0.150 e. The largest absolute Gasteiger partial charge is 0.382 e. The SMILES string of the molecule is Nc1ncnc(NCCc2ccccc2Cl)c1Cl. The number of nitrogen functional groups attached to an aromatic ring is 1. The van der Waals surface area contributed by atoms with Crippen LogP contribution in [0.15, 0.2) is 30.6 Å². The molecule has 0 aliphatic rings. The first-order valence-corrected chi connectivity index (χ1v) is 6.17. The lowest BCUT2D eigenvalue weighted by atomic mass is 10.1. The van der Waals surface area contributed by atoms with Crippen LogP contribution in [0.3, 0.4) is 0 Å². The molecule has 6 heteroatoms. The Labute approximate surface area is 115 Å². The molecule has 0 saturated carbocycles. The molecule has 2 rings (SSSR count). The number of nitrogens with zero attached hydrogens (tertiary/aromatic N) is 2. The number of hydrogen-bond donors (Lipinski definition) is 2. The number of rotatable bonds is 4. The van der Waals surface area contributed by atoms with E-state index < -0.39 is 0 Å². The van der Waals surface area contributed by atoms with Crippen LogP contribution in [0.5, 0.6) is 0 Å². The maximum absolute atomic E-state index is 6.06. The molecule has 0 aliphatic heterocycles. The molecule has 0 spiro atoms. The molecule has 94 valence electrons. The number of anilines is 2. The summed E-state index contributed by atoms with van der Waals surface area (Å²) < 4.78 is 0. The molecule has 0 amide bonds. The van der Waals surface area contributed by atoms with Gasteiger partial charge in [-0.3, -0.25) is 0 Å². The van der Waals surface area contributed by atoms with Gasteiger partial charge in [-0.05, 0) is 18.1 Å². The minimum absolute atomic E-state index is 0.270. The van der Waals surface area contributed by atoms with Crippen molar-refractivity contribution in [1.29, 1.82) is 0 Å². The quantitative estimate of drug-likeness (QED) is 0.905. The van der Waals surface area contributed by atoms with Gasteiger partial charge < -0.3 is 11.1 Å². The molecule has 1 aromatic carbocycles. The minimum Gasteiger partial charge on any atom is -0.382 e. The number of nitrogens with two attached hydrogens (primary N) is 1. The van der Waals surface area contributed by atoms with Gasteiger partial charge in [0.1, 0.15) is 23.0 Å². The third kappa shape index (κ3) is 3.03. The summed E-state index contributed by atoms with van der Waals surface area (Å²) in [5, 5.41) is 4.21. The Bertz CT molecular complexity index is 545. The zero-order valence-electron chi connectivity index (χ0n) is 9.53. The van der Waals surface area contributed by atoms with Crippen LogP contribution in [-0.2, 0) is 6.42 Å². The van der Waals surface area contributed by atoms with E-state index in [1.807, 2.05) is 24.3 Å². The van der Waals surface area contributed by atoms with Gasteiger partial charge in [-0.25, -0.2) is 9.97 Å². The fourth-order valence-corrected chi connectivity index (χ4v) is 1.92. The van der Waals surface area contributed by atoms with Crippen LogP contribution in [0.1, 0.15) is 5.56 Å². The van der Waals surface area contributed by atoms with Crippen molar-refractivity contribution in [3.05, 3.63) is 46.2 Å². The van der Waals surface area contributed by atoms with Gasteiger partial charge in [-0.2, -0.15) is 0 Å². The van der Waals surface area contributed by atoms with Gasteiger partial charge in [-0.15, -0.1) is 0 Å². The molecule has 0 saturated heterocycles. The smallest absolute Gasteiger partial charge is 0.150 e. The molecule has 0 radical (unpaired) electrons. The van der Waals surface area contributed by atoms with Crippen molar-refractivity contribution in [2.24, 2.45) is 0 Å². The molecule has 18 heavy (non-hydrogen) atoms. The Balaban J connectivity index is 1.97. The van der Waals surface area contributed by atoms with Crippen molar-refractivity contribution in [1.82, 2.24) is 9.97 Å². The van der Waals surface area contributed by atoms with Crippen molar-refractivity contribution in [2.75, 3.05) is 17.6 Å². The molecule has 2 aromatic rings. The maximum atomic E-state index is 6.06. The summed E-state index contributed by atoms with van der Waals surface area (Å²) in [7, 11) is 0. The molecule has 0 bridgehead atoms. The van der Waals surface area contributed by atoms with E-state index in [1.165, 1.54) is 6.33 Å². The van der Waals surface area contributed by atoms with E-state index in [1.54, 1.807) is 0 Å². The van der Waals surface area contributed by atoms with Gasteiger partial charge in [0.05, 0.1) is 0 Å². The van der Waals surface area contributed by atoms with E-state index in [4.69, 9.17) is 28.9 Å². The fourth-order valence-electron chi connectivity index (χ4n) is 1.52. The molecule has 1 aromatic heterocycles. The first kappa shape index (κ1) is 12.9. The van der Waals surface area contributed by atoms with Crippen molar-refractivity contribution in [3.63, 3.8) is 0 Å². The second-order valence-corrected chi connectivity index (χ2v) is 4.47. The van der Waals surface area contributed by atoms with Crippen LogP contribution in [0, 0.1) is 0 Å². The van der Waals surface area contributed by atoms with Gasteiger partial charge in [0, 0.05) is 11.6 Å². The van der Waals surface area contributed by atoms with Gasteiger partial charge in [0.25, 0.3) is 0 Å². The van der Waals surface area contributed by atoms with Crippen LogP contribution in [-0.4, -0.2) is 16.5 Å². The Kier molecular flexibility index (Phi) is 4.23. The Hall–Kier alpha value is -1.52. The monoisotopic (exact) mass is 282 g/mol. The van der Waals surface area contributed by atoms with Crippen LogP contribution >= 0.6 is 23.2 Å². The van der Waals surface area contributed by atoms with E-state index in [2.05, 4.69) is 15.3 Å². The molecule has 0 aliphatic carbocycles. The highest BCUT2D eigenvalue weighted by Crippen LogP contribution is 2.23. The fraction of sp³-hybridized carbons (Fsp3) is 0.167. The second kappa shape index (κ2) is 5.89. The van der Waals surface area contributed by atoms with Gasteiger partial charge >= 0.3 is 0 Å². The summed E-state index contributed by atoms with van der Waals surface area (Å²) in [4.78, 5) is 7.82. The molecule has 1 heterocycles. The average molecular weight is 283 g/mol. The van der Waals surface area contributed by atoms with Gasteiger partial charge in [0.15, 0.2) is 0 Å². The number of benzene rings is 1. The Morgan fingerprint density at radius 2 is 1.94 bits per heavy atom. The molecular formula is C12H12Cl2N4. The predicted octanol–water partition coefficient (Wildman–Crippen LogP) is 3.02. The van der Waals surface area contributed by atoms with E-state index in [9.17, 15) is 0 Å². The summed E-state index contributed by atoms with van der Waals surface area (Å²) in [6, 6.07) is 7.71. The Morgan fingerprint density at radius 1 is 1.17 bits per heavy atom. The third-order valence-electron chi connectivity index (χ3n) is 2.46. The van der Waals surface area contributed by atoms with Gasteiger partial charge in [-0.1, -0.05) is 41.4 Å². The van der Waals surface area contributed by atoms with Crippen LogP contribution in [0.4, 0.5) is 11.6 Å². The molecular weight excluding hydrogens is 271 g/mol. The summed E-state index contributed by atoms with van der Waals surface area (Å²) in [5.41, 5.74) is 6.66. The summed E-state index contributed by atoms with van der Waals surface area (Å²) in [6.07, 6.45) is 2.15. The zero-order valence-corrected chi connectivity index (χ0v) is 11.0. The lowest BCUT2D eigenvalue weighted by Crippen LogP contribution is -2.08. The highest BCUT2D eigenvalue weighted by molar-refractivity contribution is 6.35. The van der Waals surface area contributed by atoms with Crippen molar-refractivity contribution < 1.29 is 0 Å². The van der Waals surface area contributed by atoms with E-state index in [0.29, 0.717) is 17.4 Å². The van der Waals surface area contributed by atoms with Crippen molar-refractivity contribution in [2.45, 2.75) is 6.42 Å². The summed E-state index contributed by atoms with van der Waals surface area (Å²) in [6.45, 7) is 0.667. The van der Waals surface area contributed by atoms with Crippen LogP contribution < -0.4 is 11.1 Å². The molecule has 4 nitrogen and oxygen atoms in total. The van der Waals surface area contributed by atoms with Gasteiger partial charge in [0.2, 0.25) is 0 Å². The predicted molar refractivity (Wildman–Crippen MR) is 75.1 cm³/mol. The summed E-state index contributed by atoms with van der Waals surface area (Å²) >= 11 is 12.0. The highest BCUT2D eigenvalue weighted by Gasteiger charge is 2.06. The van der Waals surface area contributed by atoms with Crippen LogP contribution in [0.2, 0.25) is 10.0 Å². The van der Waals surface area contributed by atoms with Crippen molar-refractivity contribution in [3.8, 4) is 0 Å². The lowest BCUT2D eigenvalue weighted by molar-refractivity contribution is 1.00. The number of hydrogen-bond acceptors (Lipinski definition) is 4. The highest BCUT2D eigenvalue weighted by atomic mass is 35.5.